The molecule has 0 radical (unpaired) electrons. The molecule has 1 nitrogen and oxygen atoms in total. The number of hydrogen-bond acceptors (Lipinski definition) is 1. The van der Waals surface area contributed by atoms with Crippen molar-refractivity contribution >= 4 is 22.6 Å². The highest BCUT2D eigenvalue weighted by atomic mass is 127. The monoisotopic (exact) mass is 393 g/mol. The molecule has 1 unspecified atom stereocenters. The van der Waals surface area contributed by atoms with E-state index in [1.165, 1.54) is 22.0 Å². The fourth-order valence-electron chi connectivity index (χ4n) is 2.67. The molecule has 1 aliphatic rings. The van der Waals surface area contributed by atoms with Crippen molar-refractivity contribution in [3.63, 3.8) is 0 Å². The number of nitrogens with zero attached hydrogens (tertiary/aromatic N) is 1. The number of nitriles is 1. The normalized spacial score (nSPS) is 23.4. The van der Waals surface area contributed by atoms with Gasteiger partial charge in [0, 0.05) is 15.6 Å². The Balaban J connectivity index is 2.75. The second-order valence-electron chi connectivity index (χ2n) is 6.24. The lowest BCUT2D eigenvalue weighted by atomic mass is 9.68. The third-order valence-corrected chi connectivity index (χ3v) is 4.66. The molecule has 0 saturated carbocycles. The Kier molecular flexibility index (Phi) is 7.17. The van der Waals surface area contributed by atoms with Gasteiger partial charge in [0.15, 0.2) is 0 Å². The van der Waals surface area contributed by atoms with Crippen molar-refractivity contribution in [1.82, 2.24) is 0 Å². The summed E-state index contributed by atoms with van der Waals surface area (Å²) in [6, 6.07) is 2.03. The van der Waals surface area contributed by atoms with E-state index in [1.54, 1.807) is 6.08 Å². The van der Waals surface area contributed by atoms with Crippen molar-refractivity contribution in [2.75, 3.05) is 0 Å². The zero-order valence-corrected chi connectivity index (χ0v) is 15.5. The number of halogens is 1. The van der Waals surface area contributed by atoms with E-state index in [-0.39, 0.29) is 0 Å². The van der Waals surface area contributed by atoms with Crippen molar-refractivity contribution in [3.8, 4) is 6.07 Å². The fourth-order valence-corrected chi connectivity index (χ4v) is 3.08. The van der Waals surface area contributed by atoms with Crippen LogP contribution in [0.3, 0.4) is 0 Å². The van der Waals surface area contributed by atoms with E-state index >= 15 is 0 Å². The molecule has 0 amide bonds. The molecule has 0 fully saturated rings. The lowest BCUT2D eigenvalue weighted by molar-refractivity contribution is 0.255. The maximum atomic E-state index is 8.55. The third kappa shape index (κ3) is 6.05. The second kappa shape index (κ2) is 8.38. The minimum absolute atomic E-state index is 0.341. The fraction of sp³-hybridized carbons (Fsp3) is 0.421. The summed E-state index contributed by atoms with van der Waals surface area (Å²) >= 11 is 2.34. The summed E-state index contributed by atoms with van der Waals surface area (Å²) in [7, 11) is 0. The van der Waals surface area contributed by atoms with E-state index in [2.05, 4.69) is 67.7 Å². The van der Waals surface area contributed by atoms with Crippen LogP contribution >= 0.6 is 22.6 Å². The van der Waals surface area contributed by atoms with Gasteiger partial charge in [-0.1, -0.05) is 49.8 Å². The highest BCUT2D eigenvalue weighted by molar-refractivity contribution is 14.1. The Morgan fingerprint density at radius 2 is 2.14 bits per heavy atom. The summed E-state index contributed by atoms with van der Waals surface area (Å²) in [4.78, 5) is 0. The van der Waals surface area contributed by atoms with Gasteiger partial charge in [0.2, 0.25) is 0 Å². The molecule has 0 spiro atoms. The molecule has 21 heavy (non-hydrogen) atoms. The Bertz CT molecular complexity index is 551. The molecule has 0 aromatic heterocycles. The summed E-state index contributed by atoms with van der Waals surface area (Å²) in [6.07, 6.45) is 16.9. The van der Waals surface area contributed by atoms with Gasteiger partial charge in [0.1, 0.15) is 0 Å². The van der Waals surface area contributed by atoms with E-state index in [0.717, 1.165) is 5.57 Å². The zero-order chi connectivity index (χ0) is 15.9. The number of allylic oxidation sites excluding steroid dienone is 10. The summed E-state index contributed by atoms with van der Waals surface area (Å²) in [5.41, 5.74) is 2.79. The van der Waals surface area contributed by atoms with Crippen molar-refractivity contribution in [3.05, 3.63) is 57.3 Å². The number of rotatable bonds is 4. The van der Waals surface area contributed by atoms with Gasteiger partial charge in [0.25, 0.3) is 0 Å². The summed E-state index contributed by atoms with van der Waals surface area (Å²) < 4.78 is 1.20. The predicted molar refractivity (Wildman–Crippen MR) is 100 cm³/mol. The Labute approximate surface area is 143 Å². The first-order valence-electron chi connectivity index (χ1n) is 7.32. The molecule has 1 aliphatic carbocycles. The molecular weight excluding hydrogens is 369 g/mol. The smallest absolute Gasteiger partial charge is 0.0914 e. The van der Waals surface area contributed by atoms with Crippen LogP contribution in [0.1, 0.15) is 40.5 Å². The summed E-state index contributed by atoms with van der Waals surface area (Å²) in [6.45, 7) is 8.87. The predicted octanol–water partition coefficient (Wildman–Crippen LogP) is 6.27. The van der Waals surface area contributed by atoms with Crippen LogP contribution in [0.5, 0.6) is 0 Å². The van der Waals surface area contributed by atoms with Gasteiger partial charge < -0.3 is 0 Å². The Morgan fingerprint density at radius 1 is 1.43 bits per heavy atom. The molecule has 0 saturated heterocycles. The van der Waals surface area contributed by atoms with Gasteiger partial charge in [0.05, 0.1) is 6.07 Å². The van der Waals surface area contributed by atoms with Gasteiger partial charge in [-0.3, -0.25) is 0 Å². The van der Waals surface area contributed by atoms with Crippen molar-refractivity contribution in [2.45, 2.75) is 40.5 Å². The van der Waals surface area contributed by atoms with Crippen LogP contribution in [0, 0.1) is 22.7 Å². The van der Waals surface area contributed by atoms with Gasteiger partial charge in [-0.15, -0.1) is 0 Å². The van der Waals surface area contributed by atoms with E-state index in [4.69, 9.17) is 5.26 Å². The SMILES string of the molecule is CC1=CCCC(C)(C)C1/C=C/C(I)=C\C=C\C(C)=C\C#N. The maximum Gasteiger partial charge on any atom is 0.0914 e. The van der Waals surface area contributed by atoms with Crippen molar-refractivity contribution in [2.24, 2.45) is 11.3 Å². The Hall–Kier alpha value is -1.08. The van der Waals surface area contributed by atoms with Crippen LogP contribution < -0.4 is 0 Å². The van der Waals surface area contributed by atoms with E-state index < -0.39 is 0 Å². The van der Waals surface area contributed by atoms with E-state index in [0.29, 0.717) is 11.3 Å². The highest BCUT2D eigenvalue weighted by Gasteiger charge is 2.30. The minimum Gasteiger partial charge on any atom is -0.193 e. The minimum atomic E-state index is 0.341. The van der Waals surface area contributed by atoms with Gasteiger partial charge in [-0.2, -0.15) is 5.26 Å². The standard InChI is InChI=1S/C19H24IN/c1-15(12-14-21)7-5-9-17(20)10-11-18-16(2)8-6-13-19(18,3)4/h5,7-12,18H,6,13H2,1-4H3/b7-5+,11-10+,15-12+,17-9+. The van der Waals surface area contributed by atoms with E-state index in [9.17, 15) is 0 Å². The lowest BCUT2D eigenvalue weighted by Gasteiger charge is -2.36. The van der Waals surface area contributed by atoms with Crippen LogP contribution in [0.15, 0.2) is 57.3 Å². The van der Waals surface area contributed by atoms with Crippen LogP contribution in [-0.2, 0) is 0 Å². The second-order valence-corrected chi connectivity index (χ2v) is 7.49. The summed E-state index contributed by atoms with van der Waals surface area (Å²) in [5.74, 6) is 0.522. The quantitative estimate of drug-likeness (QED) is 0.239. The van der Waals surface area contributed by atoms with E-state index in [1.807, 2.05) is 25.1 Å². The maximum absolute atomic E-state index is 8.55. The average molecular weight is 393 g/mol. The first-order valence-corrected chi connectivity index (χ1v) is 8.40. The molecule has 0 bridgehead atoms. The van der Waals surface area contributed by atoms with Crippen LogP contribution in [0.4, 0.5) is 0 Å². The van der Waals surface area contributed by atoms with Gasteiger partial charge >= 0.3 is 0 Å². The first kappa shape index (κ1) is 18.0. The molecule has 1 atom stereocenters. The molecule has 112 valence electrons. The van der Waals surface area contributed by atoms with Crippen molar-refractivity contribution in [1.29, 1.82) is 5.26 Å². The van der Waals surface area contributed by atoms with Crippen LogP contribution in [0.2, 0.25) is 0 Å². The third-order valence-electron chi connectivity index (χ3n) is 3.94. The molecule has 0 aromatic carbocycles. The average Bonchev–Trinajstić information content (AvgIpc) is 2.37. The molecule has 0 heterocycles. The Morgan fingerprint density at radius 3 is 2.76 bits per heavy atom. The van der Waals surface area contributed by atoms with Crippen molar-refractivity contribution < 1.29 is 0 Å². The summed E-state index contributed by atoms with van der Waals surface area (Å²) in [5, 5.41) is 8.55. The molecule has 0 aliphatic heterocycles. The molecular formula is C19H24IN. The largest absolute Gasteiger partial charge is 0.193 e. The molecule has 1 rings (SSSR count). The molecule has 2 heteroatoms. The van der Waals surface area contributed by atoms with Crippen LogP contribution in [0.25, 0.3) is 0 Å². The topological polar surface area (TPSA) is 23.8 Å². The zero-order valence-electron chi connectivity index (χ0n) is 13.4. The molecule has 0 aromatic rings. The van der Waals surface area contributed by atoms with Gasteiger partial charge in [-0.05, 0) is 66.3 Å². The highest BCUT2D eigenvalue weighted by Crippen LogP contribution is 2.41. The first-order chi connectivity index (χ1) is 9.86. The van der Waals surface area contributed by atoms with Crippen LogP contribution in [-0.4, -0.2) is 0 Å². The van der Waals surface area contributed by atoms with Gasteiger partial charge in [-0.25, -0.2) is 0 Å². The lowest BCUT2D eigenvalue weighted by Crippen LogP contribution is -2.26. The number of hydrogen-bond donors (Lipinski definition) is 0. The molecule has 0 N–H and O–H groups in total.